The zero-order valence-electron chi connectivity index (χ0n) is 59.7. The fourth-order valence-electron chi connectivity index (χ4n) is 7.63. The van der Waals surface area contributed by atoms with Gasteiger partial charge in [-0.1, -0.05) is 118 Å². The number of rotatable bonds is 0. The second-order valence-electron chi connectivity index (χ2n) is 23.6. The van der Waals surface area contributed by atoms with Crippen LogP contribution in [0, 0.1) is 232 Å². The van der Waals surface area contributed by atoms with Crippen molar-refractivity contribution in [2.75, 3.05) is 0 Å². The maximum atomic E-state index is 12.9. The molecule has 0 saturated heterocycles. The first kappa shape index (κ1) is 92.8. The zero-order chi connectivity index (χ0) is 79.0. The molecule has 552 valence electrons. The van der Waals surface area contributed by atoms with Gasteiger partial charge in [0.05, 0.1) is 10.0 Å². The first-order valence-electron chi connectivity index (χ1n) is 30.6. The summed E-state index contributed by atoms with van der Waals surface area (Å²) in [4.78, 5) is 0. The number of aryl methyl sites for hydroxylation is 14. The quantitative estimate of drug-likeness (QED) is 0.105. The molecule has 0 aliphatic heterocycles. The van der Waals surface area contributed by atoms with Crippen LogP contribution in [0.3, 0.4) is 0 Å². The molecular formula is C80H78Cl6F16. The molecule has 0 N–H and O–H groups in total. The van der Waals surface area contributed by atoms with Crippen LogP contribution in [0.15, 0.2) is 109 Å². The molecule has 0 bridgehead atoms. The zero-order valence-corrected chi connectivity index (χ0v) is 64.2. The van der Waals surface area contributed by atoms with E-state index >= 15 is 0 Å². The van der Waals surface area contributed by atoms with Gasteiger partial charge in [-0.3, -0.25) is 0 Å². The van der Waals surface area contributed by atoms with E-state index in [9.17, 15) is 70.2 Å². The summed E-state index contributed by atoms with van der Waals surface area (Å²) in [5.41, 5.74) is 9.09. The van der Waals surface area contributed by atoms with Gasteiger partial charge < -0.3 is 0 Å². The largest absolute Gasteiger partial charge is 0.207 e. The van der Waals surface area contributed by atoms with E-state index in [-0.39, 0.29) is 61.1 Å². The molecule has 102 heavy (non-hydrogen) atoms. The monoisotopic (exact) mass is 1550 g/mol. The Hall–Kier alpha value is -7.18. The van der Waals surface area contributed by atoms with Crippen molar-refractivity contribution in [3.05, 3.63) is 344 Å². The van der Waals surface area contributed by atoms with Gasteiger partial charge in [-0.15, -0.1) is 0 Å². The van der Waals surface area contributed by atoms with Crippen LogP contribution in [-0.2, 0) is 0 Å². The van der Waals surface area contributed by atoms with E-state index in [4.69, 9.17) is 69.6 Å². The molecule has 10 aromatic carbocycles. The maximum Gasteiger partial charge on any atom is 0.165 e. The van der Waals surface area contributed by atoms with E-state index in [1.54, 1.807) is 91.8 Å². The Morgan fingerprint density at radius 2 is 0.422 bits per heavy atom. The Morgan fingerprint density at radius 3 is 0.716 bits per heavy atom. The molecule has 0 saturated carbocycles. The van der Waals surface area contributed by atoms with Crippen LogP contribution >= 0.6 is 69.6 Å². The van der Waals surface area contributed by atoms with Gasteiger partial charge in [-0.2, -0.15) is 0 Å². The molecular weight excluding hydrogens is 1480 g/mol. The Morgan fingerprint density at radius 1 is 0.167 bits per heavy atom. The highest BCUT2D eigenvalue weighted by Crippen LogP contribution is 2.27. The van der Waals surface area contributed by atoms with E-state index in [2.05, 4.69) is 12.1 Å². The number of benzene rings is 10. The van der Waals surface area contributed by atoms with Crippen LogP contribution in [0.4, 0.5) is 70.2 Å². The molecule has 10 aromatic rings. The van der Waals surface area contributed by atoms with Gasteiger partial charge in [-0.05, 0) is 277 Å². The Bertz CT molecular complexity index is 3980. The van der Waals surface area contributed by atoms with E-state index in [0.717, 1.165) is 69.4 Å². The predicted octanol–water partition coefficient (Wildman–Crippen LogP) is 29.2. The summed E-state index contributed by atoms with van der Waals surface area (Å²) in [6.45, 7) is 32.1. The highest BCUT2D eigenvalue weighted by Gasteiger charge is 2.20. The van der Waals surface area contributed by atoms with Crippen LogP contribution in [0.25, 0.3) is 0 Å². The van der Waals surface area contributed by atoms with Crippen molar-refractivity contribution in [1.82, 2.24) is 0 Å². The second-order valence-corrected chi connectivity index (χ2v) is 26.0. The van der Waals surface area contributed by atoms with E-state index in [1.165, 1.54) is 70.0 Å². The Balaban J connectivity index is 0.000000567. The lowest BCUT2D eigenvalue weighted by atomic mass is 10.1. The summed E-state index contributed by atoms with van der Waals surface area (Å²) >= 11 is 34.2. The maximum absolute atomic E-state index is 12.9. The minimum Gasteiger partial charge on any atom is -0.207 e. The van der Waals surface area contributed by atoms with Crippen molar-refractivity contribution in [3.8, 4) is 0 Å². The van der Waals surface area contributed by atoms with Gasteiger partial charge in [0.25, 0.3) is 0 Å². The van der Waals surface area contributed by atoms with Crippen molar-refractivity contribution in [2.45, 2.75) is 138 Å². The average Bonchev–Trinajstić information content (AvgIpc) is 0.814. The molecule has 0 spiro atoms. The van der Waals surface area contributed by atoms with Crippen LogP contribution in [0.5, 0.6) is 0 Å². The number of hydrogen-bond donors (Lipinski definition) is 0. The first-order valence-corrected chi connectivity index (χ1v) is 32.8. The summed E-state index contributed by atoms with van der Waals surface area (Å²) in [6.07, 6.45) is 0. The van der Waals surface area contributed by atoms with E-state index < -0.39 is 80.9 Å². The molecule has 0 aliphatic carbocycles. The summed E-state index contributed by atoms with van der Waals surface area (Å²) in [7, 11) is 0. The smallest absolute Gasteiger partial charge is 0.165 e. The Kier molecular flexibility index (Phi) is 39.3. The average molecular weight is 1560 g/mol. The summed E-state index contributed by atoms with van der Waals surface area (Å²) in [6, 6.07) is 30.0. The first-order chi connectivity index (χ1) is 47.0. The molecule has 0 unspecified atom stereocenters. The lowest BCUT2D eigenvalue weighted by Crippen LogP contribution is -2.02. The van der Waals surface area contributed by atoms with E-state index in [0.29, 0.717) is 37.9 Å². The summed E-state index contributed by atoms with van der Waals surface area (Å²) in [5.74, 6) is -12.8. The van der Waals surface area contributed by atoms with Gasteiger partial charge in [-0.25, -0.2) is 70.2 Å². The van der Waals surface area contributed by atoms with Crippen LogP contribution in [-0.4, -0.2) is 0 Å². The van der Waals surface area contributed by atoms with Gasteiger partial charge in [0, 0.05) is 53.5 Å². The van der Waals surface area contributed by atoms with Crippen molar-refractivity contribution in [3.63, 3.8) is 0 Å². The van der Waals surface area contributed by atoms with Crippen molar-refractivity contribution < 1.29 is 70.2 Å². The normalized spacial score (nSPS) is 10.1. The third-order valence-electron chi connectivity index (χ3n) is 14.7. The lowest BCUT2D eigenvalue weighted by molar-refractivity contribution is 0.436. The third kappa shape index (κ3) is 28.8. The van der Waals surface area contributed by atoms with Crippen molar-refractivity contribution >= 4 is 69.6 Å². The number of hydrogen-bond acceptors (Lipinski definition) is 0. The molecule has 0 atom stereocenters. The molecule has 22 heteroatoms. The number of halogens is 22. The standard InChI is InChI=1S/4C8H8ClF.2C8H9Cl.C8H6F4.2C8H7F3.C8H8F2/c1-5-4-8(10)6(2)3-7(5)9;1-5-3-7(9)6(2)8(10)4-5;2*1-5-3-4-6(2)8(10)7(5)9;2*1-6-3-4-7(2)8(9)5-6;1-3-5(9)7(11)4(2)8(12)6(3)10;2*1-4-3-6(9)5(2)8(11)7(4)10;1-5-3-7(9)6(2)8(10)4-5/h4*3-4H,1-2H3;2*3-5H,1-2H3;1-2H3;2*3H,1-2H3;3-4H,1-2H3. The van der Waals surface area contributed by atoms with Crippen LogP contribution in [0.1, 0.15) is 111 Å². The molecule has 0 fully saturated rings. The highest BCUT2D eigenvalue weighted by atomic mass is 35.5. The molecule has 0 aromatic heterocycles. The minimum absolute atomic E-state index is 0.00870. The van der Waals surface area contributed by atoms with E-state index in [1.807, 2.05) is 58.9 Å². The fourth-order valence-corrected chi connectivity index (χ4v) is 9.01. The predicted molar refractivity (Wildman–Crippen MR) is 389 cm³/mol. The molecule has 0 amide bonds. The molecule has 0 nitrogen and oxygen atoms in total. The van der Waals surface area contributed by atoms with Gasteiger partial charge in [0.2, 0.25) is 0 Å². The van der Waals surface area contributed by atoms with Crippen LogP contribution < -0.4 is 0 Å². The van der Waals surface area contributed by atoms with Crippen molar-refractivity contribution in [2.24, 2.45) is 0 Å². The molecule has 0 heterocycles. The Labute approximate surface area is 618 Å². The topological polar surface area (TPSA) is 0 Å². The molecule has 0 radical (unpaired) electrons. The van der Waals surface area contributed by atoms with Gasteiger partial charge in [0.1, 0.15) is 46.5 Å². The lowest BCUT2D eigenvalue weighted by Gasteiger charge is -2.04. The van der Waals surface area contributed by atoms with Gasteiger partial charge >= 0.3 is 0 Å². The molecule has 0 aliphatic rings. The minimum atomic E-state index is -1.33. The fraction of sp³-hybridized carbons (Fsp3) is 0.250. The van der Waals surface area contributed by atoms with Crippen molar-refractivity contribution in [1.29, 1.82) is 0 Å². The highest BCUT2D eigenvalue weighted by molar-refractivity contribution is 6.33. The summed E-state index contributed by atoms with van der Waals surface area (Å²) < 4.78 is 203. The third-order valence-corrected chi connectivity index (χ3v) is 17.3. The SMILES string of the molecule is Cc1c(F)c(F)c(C)c(F)c1F.Cc1cc(Cl)c(C)cc1F.Cc1cc(F)c(C)c(Cl)c1.Cc1cc(F)c(C)c(F)c1.Cc1cc(F)c(C)c(F)c1F.Cc1cc(F)c(C)c(F)c1F.Cc1ccc(C)c(Cl)c1.Cc1ccc(C)c(Cl)c1.Cc1ccc(C)c(Cl)c1F.Cc1ccc(C)c(Cl)c1F. The summed E-state index contributed by atoms with van der Waals surface area (Å²) in [5, 5.41) is 3.31. The van der Waals surface area contributed by atoms with Gasteiger partial charge in [0.15, 0.2) is 46.5 Å². The van der Waals surface area contributed by atoms with Crippen LogP contribution in [0.2, 0.25) is 30.1 Å². The second kappa shape index (κ2) is 43.2. The molecule has 10 rings (SSSR count).